The van der Waals surface area contributed by atoms with Crippen LogP contribution in [0.1, 0.15) is 10.4 Å². The summed E-state index contributed by atoms with van der Waals surface area (Å²) in [6.45, 7) is 3.92. The lowest BCUT2D eigenvalue weighted by molar-refractivity contribution is 0.0958. The van der Waals surface area contributed by atoms with Gasteiger partial charge in [0, 0.05) is 18.1 Å². The van der Waals surface area contributed by atoms with Crippen LogP contribution in [-0.2, 0) is 0 Å². The van der Waals surface area contributed by atoms with E-state index in [0.29, 0.717) is 33.8 Å². The molecule has 5 heteroatoms. The van der Waals surface area contributed by atoms with Crippen molar-refractivity contribution >= 4 is 28.4 Å². The van der Waals surface area contributed by atoms with Gasteiger partial charge in [0.05, 0.1) is 17.7 Å². The number of aromatic nitrogens is 1. The Morgan fingerprint density at radius 2 is 2.37 bits per heavy atom. The monoisotopic (exact) mass is 276 g/mol. The van der Waals surface area contributed by atoms with Crippen molar-refractivity contribution in [2.24, 2.45) is 0 Å². The van der Waals surface area contributed by atoms with E-state index in [1.165, 1.54) is 6.20 Å². The molecule has 0 unspecified atom stereocenters. The van der Waals surface area contributed by atoms with Crippen LogP contribution in [0.3, 0.4) is 0 Å². The lowest BCUT2D eigenvalue weighted by atomic mass is 10.1. The molecule has 2 rings (SSSR count). The van der Waals surface area contributed by atoms with Gasteiger partial charge in [-0.05, 0) is 6.07 Å². The van der Waals surface area contributed by atoms with Crippen LogP contribution in [0.4, 0.5) is 0 Å². The van der Waals surface area contributed by atoms with Gasteiger partial charge in [0.25, 0.3) is 5.91 Å². The summed E-state index contributed by atoms with van der Waals surface area (Å²) in [7, 11) is 1.56. The summed E-state index contributed by atoms with van der Waals surface area (Å²) in [5.41, 5.74) is 0.972. The molecule has 98 valence electrons. The van der Waals surface area contributed by atoms with E-state index in [1.807, 2.05) is 0 Å². The number of nitrogens with zero attached hydrogens (tertiary/aromatic N) is 1. The van der Waals surface area contributed by atoms with E-state index in [9.17, 15) is 4.79 Å². The van der Waals surface area contributed by atoms with Gasteiger partial charge in [0.15, 0.2) is 0 Å². The zero-order valence-electron chi connectivity index (χ0n) is 10.4. The molecule has 1 aromatic heterocycles. The molecular weight excluding hydrogens is 264 g/mol. The van der Waals surface area contributed by atoms with Crippen molar-refractivity contribution in [3.8, 4) is 5.75 Å². The fraction of sp³-hybridized carbons (Fsp3) is 0.143. The smallest absolute Gasteiger partial charge is 0.254 e. The van der Waals surface area contributed by atoms with E-state index in [2.05, 4.69) is 16.9 Å². The van der Waals surface area contributed by atoms with Gasteiger partial charge in [-0.25, -0.2) is 0 Å². The number of hydrogen-bond acceptors (Lipinski definition) is 3. The molecule has 0 aliphatic rings. The van der Waals surface area contributed by atoms with E-state index in [-0.39, 0.29) is 5.91 Å². The highest BCUT2D eigenvalue weighted by molar-refractivity contribution is 6.38. The molecule has 0 saturated heterocycles. The summed E-state index contributed by atoms with van der Waals surface area (Å²) in [6, 6.07) is 5.40. The van der Waals surface area contributed by atoms with Crippen molar-refractivity contribution in [3.05, 3.63) is 47.6 Å². The molecule has 19 heavy (non-hydrogen) atoms. The zero-order chi connectivity index (χ0) is 13.8. The SMILES string of the molecule is C=CCNC(=O)c1cnc2c(OC)cccc2c1Cl. The van der Waals surface area contributed by atoms with E-state index >= 15 is 0 Å². The first-order chi connectivity index (χ1) is 9.19. The average Bonchev–Trinajstić information content (AvgIpc) is 2.44. The normalized spacial score (nSPS) is 10.2. The van der Waals surface area contributed by atoms with Crippen molar-refractivity contribution in [3.63, 3.8) is 0 Å². The number of hydrogen-bond donors (Lipinski definition) is 1. The van der Waals surface area contributed by atoms with Crippen molar-refractivity contribution < 1.29 is 9.53 Å². The van der Waals surface area contributed by atoms with Crippen LogP contribution in [0.15, 0.2) is 37.1 Å². The second kappa shape index (κ2) is 5.71. The molecule has 1 N–H and O–H groups in total. The predicted molar refractivity (Wildman–Crippen MR) is 75.8 cm³/mol. The summed E-state index contributed by atoms with van der Waals surface area (Å²) in [4.78, 5) is 16.2. The van der Waals surface area contributed by atoms with E-state index in [0.717, 1.165) is 0 Å². The number of carbonyl (C=O) groups is 1. The number of pyridine rings is 1. The summed E-state index contributed by atoms with van der Waals surface area (Å²) in [5.74, 6) is 0.347. The van der Waals surface area contributed by atoms with Gasteiger partial charge in [-0.3, -0.25) is 9.78 Å². The predicted octanol–water partition coefficient (Wildman–Crippen LogP) is 2.81. The molecule has 0 aliphatic carbocycles. The van der Waals surface area contributed by atoms with Crippen LogP contribution >= 0.6 is 11.6 Å². The molecule has 0 fully saturated rings. The topological polar surface area (TPSA) is 51.2 Å². The quantitative estimate of drug-likeness (QED) is 0.874. The molecule has 1 heterocycles. The van der Waals surface area contributed by atoms with Gasteiger partial charge in [-0.1, -0.05) is 29.8 Å². The van der Waals surface area contributed by atoms with Crippen molar-refractivity contribution in [1.29, 1.82) is 0 Å². The molecule has 0 spiro atoms. The minimum atomic E-state index is -0.276. The Morgan fingerprint density at radius 1 is 1.58 bits per heavy atom. The first-order valence-corrected chi connectivity index (χ1v) is 6.07. The fourth-order valence-corrected chi connectivity index (χ4v) is 2.03. The molecule has 1 aromatic carbocycles. The van der Waals surface area contributed by atoms with Gasteiger partial charge in [0.2, 0.25) is 0 Å². The van der Waals surface area contributed by atoms with Gasteiger partial charge in [0.1, 0.15) is 11.3 Å². The molecule has 0 atom stereocenters. The average molecular weight is 277 g/mol. The van der Waals surface area contributed by atoms with Crippen molar-refractivity contribution in [1.82, 2.24) is 10.3 Å². The van der Waals surface area contributed by atoms with Crippen molar-refractivity contribution in [2.45, 2.75) is 0 Å². The Balaban J connectivity index is 2.52. The van der Waals surface area contributed by atoms with Gasteiger partial charge in [-0.2, -0.15) is 0 Å². The number of nitrogens with one attached hydrogen (secondary N) is 1. The first-order valence-electron chi connectivity index (χ1n) is 5.69. The van der Waals surface area contributed by atoms with Crippen LogP contribution < -0.4 is 10.1 Å². The van der Waals surface area contributed by atoms with Crippen LogP contribution in [-0.4, -0.2) is 24.5 Å². The van der Waals surface area contributed by atoms with Gasteiger partial charge in [-0.15, -0.1) is 6.58 Å². The number of fused-ring (bicyclic) bond motifs is 1. The van der Waals surface area contributed by atoms with E-state index < -0.39 is 0 Å². The van der Waals surface area contributed by atoms with Crippen LogP contribution in [0.2, 0.25) is 5.02 Å². The third-order valence-electron chi connectivity index (χ3n) is 2.67. The summed E-state index contributed by atoms with van der Waals surface area (Å²) in [5, 5.41) is 3.72. The molecule has 0 radical (unpaired) electrons. The lowest BCUT2D eigenvalue weighted by Crippen LogP contribution is -2.23. The number of ether oxygens (including phenoxy) is 1. The fourth-order valence-electron chi connectivity index (χ4n) is 1.75. The summed E-state index contributed by atoms with van der Waals surface area (Å²) >= 11 is 6.26. The lowest BCUT2D eigenvalue weighted by Gasteiger charge is -2.09. The summed E-state index contributed by atoms with van der Waals surface area (Å²) in [6.07, 6.45) is 3.05. The van der Waals surface area contributed by atoms with Crippen LogP contribution in [0, 0.1) is 0 Å². The highest BCUT2D eigenvalue weighted by Crippen LogP contribution is 2.30. The zero-order valence-corrected chi connectivity index (χ0v) is 11.2. The Kier molecular flexibility index (Phi) is 4.02. The van der Waals surface area contributed by atoms with Gasteiger partial charge >= 0.3 is 0 Å². The molecular formula is C14H13ClN2O2. The Morgan fingerprint density at radius 3 is 3.05 bits per heavy atom. The molecule has 4 nitrogen and oxygen atoms in total. The second-order valence-electron chi connectivity index (χ2n) is 3.84. The number of amides is 1. The highest BCUT2D eigenvalue weighted by atomic mass is 35.5. The number of rotatable bonds is 4. The Bertz CT molecular complexity index is 641. The second-order valence-corrected chi connectivity index (χ2v) is 4.22. The van der Waals surface area contributed by atoms with E-state index in [1.54, 1.807) is 31.4 Å². The highest BCUT2D eigenvalue weighted by Gasteiger charge is 2.15. The molecule has 0 bridgehead atoms. The summed E-state index contributed by atoms with van der Waals surface area (Å²) < 4.78 is 5.21. The maximum absolute atomic E-state index is 11.9. The minimum absolute atomic E-state index is 0.276. The molecule has 0 aliphatic heterocycles. The Labute approximate surface area is 116 Å². The molecule has 2 aromatic rings. The maximum Gasteiger partial charge on any atom is 0.254 e. The first kappa shape index (κ1) is 13.4. The number of methoxy groups -OCH3 is 1. The number of para-hydroxylation sites is 1. The van der Waals surface area contributed by atoms with Gasteiger partial charge < -0.3 is 10.1 Å². The number of halogens is 1. The number of carbonyl (C=O) groups excluding carboxylic acids is 1. The number of benzene rings is 1. The molecule has 1 amide bonds. The maximum atomic E-state index is 11.9. The van der Waals surface area contributed by atoms with Crippen LogP contribution in [0.25, 0.3) is 10.9 Å². The minimum Gasteiger partial charge on any atom is -0.494 e. The standard InChI is InChI=1S/C14H13ClN2O2/c1-3-7-16-14(18)10-8-17-13-9(12(10)15)5-4-6-11(13)19-2/h3-6,8H,1,7H2,2H3,(H,16,18). The van der Waals surface area contributed by atoms with E-state index in [4.69, 9.17) is 16.3 Å². The molecule has 0 saturated carbocycles. The Hall–Kier alpha value is -2.07. The third-order valence-corrected chi connectivity index (χ3v) is 3.07. The van der Waals surface area contributed by atoms with Crippen LogP contribution in [0.5, 0.6) is 5.75 Å². The largest absolute Gasteiger partial charge is 0.494 e. The van der Waals surface area contributed by atoms with Crippen molar-refractivity contribution in [2.75, 3.05) is 13.7 Å². The third kappa shape index (κ3) is 2.53.